The maximum atomic E-state index is 11.3. The average Bonchev–Trinajstić information content (AvgIpc) is 3.05. The maximum Gasteiger partial charge on any atom is 0.221 e. The first-order chi connectivity index (χ1) is 7.15. The highest BCUT2D eigenvalue weighted by molar-refractivity contribution is 5.85. The number of hydrogen-bond acceptors (Lipinski definition) is 3. The normalized spacial score (nSPS) is 15.8. The van der Waals surface area contributed by atoms with Crippen molar-refractivity contribution in [3.05, 3.63) is 0 Å². The number of nitrogens with one attached hydrogen (secondary N) is 2. The van der Waals surface area contributed by atoms with E-state index in [0.29, 0.717) is 12.5 Å². The molecule has 1 saturated carbocycles. The molecule has 1 amide bonds. The average molecular weight is 286 g/mol. The predicted octanol–water partition coefficient (Wildman–Crippen LogP) is 1.04. The molecule has 104 valence electrons. The third-order valence-corrected chi connectivity index (χ3v) is 3.01. The van der Waals surface area contributed by atoms with Gasteiger partial charge in [-0.05, 0) is 33.9 Å². The van der Waals surface area contributed by atoms with Crippen LogP contribution in [0.25, 0.3) is 0 Å². The minimum absolute atomic E-state index is 0. The zero-order valence-corrected chi connectivity index (χ0v) is 12.5. The van der Waals surface area contributed by atoms with Gasteiger partial charge >= 0.3 is 0 Å². The van der Waals surface area contributed by atoms with E-state index in [2.05, 4.69) is 29.5 Å². The molecule has 0 spiro atoms. The standard InChI is InChI=1S/C11H23N3O.2ClH/c1-9(14(3)10-4-5-10)8-13-11(15)6-7-12-2;;/h9-10,12H,4-8H2,1-3H3,(H,13,15);2*1H. The van der Waals surface area contributed by atoms with Gasteiger partial charge in [0.25, 0.3) is 0 Å². The molecule has 1 aliphatic carbocycles. The van der Waals surface area contributed by atoms with Crippen molar-refractivity contribution in [2.75, 3.05) is 27.2 Å². The van der Waals surface area contributed by atoms with Gasteiger partial charge in [0, 0.05) is 31.6 Å². The van der Waals surface area contributed by atoms with E-state index < -0.39 is 0 Å². The first-order valence-corrected chi connectivity index (χ1v) is 5.78. The largest absolute Gasteiger partial charge is 0.355 e. The molecule has 1 fully saturated rings. The molecule has 1 atom stereocenters. The molecule has 6 heteroatoms. The Morgan fingerprint density at radius 2 is 2.00 bits per heavy atom. The Labute approximate surface area is 117 Å². The van der Waals surface area contributed by atoms with E-state index in [0.717, 1.165) is 19.1 Å². The number of amides is 1. The molecule has 0 radical (unpaired) electrons. The highest BCUT2D eigenvalue weighted by atomic mass is 35.5. The molecular weight excluding hydrogens is 261 g/mol. The molecule has 1 aliphatic rings. The Bertz CT molecular complexity index is 213. The molecule has 17 heavy (non-hydrogen) atoms. The van der Waals surface area contributed by atoms with E-state index >= 15 is 0 Å². The van der Waals surface area contributed by atoms with Crippen molar-refractivity contribution in [2.24, 2.45) is 0 Å². The van der Waals surface area contributed by atoms with E-state index in [1.807, 2.05) is 7.05 Å². The Morgan fingerprint density at radius 1 is 1.41 bits per heavy atom. The summed E-state index contributed by atoms with van der Waals surface area (Å²) >= 11 is 0. The number of likely N-dealkylation sites (N-methyl/N-ethyl adjacent to an activating group) is 1. The summed E-state index contributed by atoms with van der Waals surface area (Å²) in [6, 6.07) is 1.20. The Kier molecular flexibility index (Phi) is 11.3. The summed E-state index contributed by atoms with van der Waals surface area (Å²) in [6.07, 6.45) is 3.19. The van der Waals surface area contributed by atoms with Gasteiger partial charge < -0.3 is 10.6 Å². The van der Waals surface area contributed by atoms with Crippen molar-refractivity contribution in [2.45, 2.75) is 38.3 Å². The highest BCUT2D eigenvalue weighted by Crippen LogP contribution is 2.26. The number of carbonyl (C=O) groups excluding carboxylic acids is 1. The number of halogens is 2. The lowest BCUT2D eigenvalue weighted by Gasteiger charge is -2.24. The van der Waals surface area contributed by atoms with Gasteiger partial charge in [0.2, 0.25) is 5.91 Å². The number of carbonyl (C=O) groups is 1. The molecular formula is C11H25Cl2N3O. The molecule has 0 aromatic heterocycles. The first-order valence-electron chi connectivity index (χ1n) is 5.78. The number of hydrogen-bond donors (Lipinski definition) is 2. The minimum Gasteiger partial charge on any atom is -0.355 e. The third-order valence-electron chi connectivity index (χ3n) is 3.01. The molecule has 0 aromatic carbocycles. The molecule has 0 aliphatic heterocycles. The second kappa shape index (κ2) is 9.95. The first kappa shape index (κ1) is 19.3. The Morgan fingerprint density at radius 3 is 2.47 bits per heavy atom. The van der Waals surface area contributed by atoms with Gasteiger partial charge in [0.05, 0.1) is 0 Å². The van der Waals surface area contributed by atoms with Gasteiger partial charge in [0.15, 0.2) is 0 Å². The van der Waals surface area contributed by atoms with Crippen LogP contribution < -0.4 is 10.6 Å². The topological polar surface area (TPSA) is 44.4 Å². The predicted molar refractivity (Wildman–Crippen MR) is 76.3 cm³/mol. The summed E-state index contributed by atoms with van der Waals surface area (Å²) < 4.78 is 0. The fourth-order valence-corrected chi connectivity index (χ4v) is 1.57. The Balaban J connectivity index is 0. The fourth-order valence-electron chi connectivity index (χ4n) is 1.57. The van der Waals surface area contributed by atoms with Crippen LogP contribution in [0.5, 0.6) is 0 Å². The zero-order chi connectivity index (χ0) is 11.3. The van der Waals surface area contributed by atoms with E-state index in [9.17, 15) is 4.79 Å². The van der Waals surface area contributed by atoms with E-state index in [1.165, 1.54) is 12.8 Å². The summed E-state index contributed by atoms with van der Waals surface area (Å²) in [5.74, 6) is 0.139. The van der Waals surface area contributed by atoms with Crippen LogP contribution in [0.2, 0.25) is 0 Å². The quantitative estimate of drug-likeness (QED) is 0.735. The maximum absolute atomic E-state index is 11.3. The van der Waals surface area contributed by atoms with Crippen LogP contribution in [0.4, 0.5) is 0 Å². The summed E-state index contributed by atoms with van der Waals surface area (Å²) in [5.41, 5.74) is 0. The Hall–Kier alpha value is -0.0300. The van der Waals surface area contributed by atoms with Crippen LogP contribution >= 0.6 is 24.8 Å². The van der Waals surface area contributed by atoms with Gasteiger partial charge in [-0.2, -0.15) is 0 Å². The van der Waals surface area contributed by atoms with Gasteiger partial charge in [-0.1, -0.05) is 0 Å². The van der Waals surface area contributed by atoms with Gasteiger partial charge in [-0.3, -0.25) is 9.69 Å². The summed E-state index contributed by atoms with van der Waals surface area (Å²) in [7, 11) is 4.00. The molecule has 0 heterocycles. The lowest BCUT2D eigenvalue weighted by atomic mass is 10.3. The summed E-state index contributed by atoms with van der Waals surface area (Å²) in [4.78, 5) is 13.7. The van der Waals surface area contributed by atoms with Crippen LogP contribution in [-0.4, -0.2) is 50.1 Å². The SMILES string of the molecule is CNCCC(=O)NCC(C)N(C)C1CC1.Cl.Cl. The number of rotatable bonds is 7. The monoisotopic (exact) mass is 285 g/mol. The van der Waals surface area contributed by atoms with Crippen LogP contribution in [0, 0.1) is 0 Å². The molecule has 1 rings (SSSR count). The van der Waals surface area contributed by atoms with Crippen LogP contribution in [0.3, 0.4) is 0 Å². The molecule has 0 saturated heterocycles. The lowest BCUT2D eigenvalue weighted by molar-refractivity contribution is -0.121. The molecule has 0 aromatic rings. The van der Waals surface area contributed by atoms with E-state index in [-0.39, 0.29) is 30.7 Å². The lowest BCUT2D eigenvalue weighted by Crippen LogP contribution is -2.41. The highest BCUT2D eigenvalue weighted by Gasteiger charge is 2.28. The van der Waals surface area contributed by atoms with Crippen LogP contribution in [0.15, 0.2) is 0 Å². The summed E-state index contributed by atoms with van der Waals surface area (Å²) in [5, 5.41) is 5.93. The van der Waals surface area contributed by atoms with Crippen LogP contribution in [-0.2, 0) is 4.79 Å². The second-order valence-corrected chi connectivity index (χ2v) is 4.40. The van der Waals surface area contributed by atoms with Crippen molar-refractivity contribution < 1.29 is 4.79 Å². The molecule has 4 nitrogen and oxygen atoms in total. The molecule has 0 bridgehead atoms. The van der Waals surface area contributed by atoms with Crippen molar-refractivity contribution >= 4 is 30.7 Å². The van der Waals surface area contributed by atoms with Gasteiger partial charge in [0.1, 0.15) is 0 Å². The van der Waals surface area contributed by atoms with Crippen molar-refractivity contribution in [1.29, 1.82) is 0 Å². The third kappa shape index (κ3) is 7.82. The smallest absolute Gasteiger partial charge is 0.221 e. The minimum atomic E-state index is 0. The zero-order valence-electron chi connectivity index (χ0n) is 10.9. The van der Waals surface area contributed by atoms with E-state index in [1.54, 1.807) is 0 Å². The van der Waals surface area contributed by atoms with Crippen molar-refractivity contribution in [3.63, 3.8) is 0 Å². The molecule has 1 unspecified atom stereocenters. The second-order valence-electron chi connectivity index (χ2n) is 4.40. The fraction of sp³-hybridized carbons (Fsp3) is 0.909. The van der Waals surface area contributed by atoms with Gasteiger partial charge in [-0.15, -0.1) is 24.8 Å². The van der Waals surface area contributed by atoms with Crippen LogP contribution in [0.1, 0.15) is 26.2 Å². The summed E-state index contributed by atoms with van der Waals surface area (Å²) in [6.45, 7) is 3.67. The van der Waals surface area contributed by atoms with Crippen molar-refractivity contribution in [3.8, 4) is 0 Å². The van der Waals surface area contributed by atoms with Gasteiger partial charge in [-0.25, -0.2) is 0 Å². The molecule has 2 N–H and O–H groups in total. The van der Waals surface area contributed by atoms with Crippen molar-refractivity contribution in [1.82, 2.24) is 15.5 Å². The number of nitrogens with zero attached hydrogens (tertiary/aromatic N) is 1. The van der Waals surface area contributed by atoms with E-state index in [4.69, 9.17) is 0 Å².